The Bertz CT molecular complexity index is 1560. The fourth-order valence-electron chi connectivity index (χ4n) is 4.91. The zero-order chi connectivity index (χ0) is 26.9. The number of nitriles is 1. The Hall–Kier alpha value is -4.64. The van der Waals surface area contributed by atoms with Crippen LogP contribution in [-0.4, -0.2) is 26.5 Å². The number of aromatic nitrogens is 3. The Morgan fingerprint density at radius 1 is 1.13 bits per heavy atom. The topological polar surface area (TPSA) is 119 Å². The summed E-state index contributed by atoms with van der Waals surface area (Å²) in [5.41, 5.74) is 10.0. The molecule has 38 heavy (non-hydrogen) atoms. The molecular weight excluding hydrogens is 476 g/mol. The Kier molecular flexibility index (Phi) is 6.60. The number of nitrogens with one attached hydrogen (secondary N) is 1. The largest absolute Gasteiger partial charge is 0.457 e. The molecule has 0 bridgehead atoms. The molecule has 3 heterocycles. The number of amides is 1. The second kappa shape index (κ2) is 10.0. The number of ether oxygens (including phenoxy) is 1. The number of fused-ring (bicyclic) bond motifs is 3. The summed E-state index contributed by atoms with van der Waals surface area (Å²) >= 11 is 0. The smallest absolute Gasteiger partial charge is 0.261 e. The fourth-order valence-corrected chi connectivity index (χ4v) is 4.91. The molecule has 1 aliphatic rings. The summed E-state index contributed by atoms with van der Waals surface area (Å²) < 4.78 is 8.08. The molecule has 8 heteroatoms. The van der Waals surface area contributed by atoms with Crippen molar-refractivity contribution in [1.29, 1.82) is 5.26 Å². The first-order valence-electron chi connectivity index (χ1n) is 12.6. The standard InChI is InChI=1S/C30H30N6O2/c1-30(2,3)15-20(16-31)29(37)35-21-11-14-24-25(26-27(32)33-18-34-28(26)36(24)17-21)19-9-12-23(13-10-19)38-22-7-5-4-6-8-22/h4-10,12-13,15,18,21H,11,14,17H2,1-3H3,(H,35,37)(H2,32,33,34)/b20-15+/t21-/m1/s1. The molecule has 2 aromatic heterocycles. The van der Waals surface area contributed by atoms with Gasteiger partial charge < -0.3 is 20.4 Å². The predicted molar refractivity (Wildman–Crippen MR) is 147 cm³/mol. The van der Waals surface area contributed by atoms with Gasteiger partial charge in [0.05, 0.1) is 5.39 Å². The van der Waals surface area contributed by atoms with Crippen LogP contribution in [0.5, 0.6) is 11.5 Å². The third-order valence-corrected chi connectivity index (χ3v) is 6.51. The molecule has 0 saturated carbocycles. The molecule has 1 atom stereocenters. The van der Waals surface area contributed by atoms with Crippen LogP contribution in [-0.2, 0) is 17.8 Å². The van der Waals surface area contributed by atoms with Gasteiger partial charge in [-0.2, -0.15) is 5.26 Å². The third kappa shape index (κ3) is 5.09. The molecule has 0 unspecified atom stereocenters. The Labute approximate surface area is 221 Å². The van der Waals surface area contributed by atoms with Crippen LogP contribution in [0.2, 0.25) is 0 Å². The number of hydrogen-bond donors (Lipinski definition) is 2. The molecule has 2 aromatic carbocycles. The summed E-state index contributed by atoms with van der Waals surface area (Å²) in [4.78, 5) is 21.7. The quantitative estimate of drug-likeness (QED) is 0.276. The second-order valence-corrected chi connectivity index (χ2v) is 10.6. The number of rotatable bonds is 5. The molecule has 0 fully saturated rings. The first-order valence-corrected chi connectivity index (χ1v) is 12.6. The summed E-state index contributed by atoms with van der Waals surface area (Å²) in [5, 5.41) is 13.4. The number of carbonyl (C=O) groups is 1. The molecule has 4 aromatic rings. The summed E-state index contributed by atoms with van der Waals surface area (Å²) in [7, 11) is 0. The van der Waals surface area contributed by atoms with Gasteiger partial charge in [0.15, 0.2) is 0 Å². The van der Waals surface area contributed by atoms with Crippen LogP contribution in [0.4, 0.5) is 5.82 Å². The summed E-state index contributed by atoms with van der Waals surface area (Å²) in [6.45, 7) is 6.41. The second-order valence-electron chi connectivity index (χ2n) is 10.6. The van der Waals surface area contributed by atoms with Gasteiger partial charge in [0, 0.05) is 23.8 Å². The molecule has 1 aliphatic heterocycles. The number of nitrogens with zero attached hydrogens (tertiary/aromatic N) is 4. The summed E-state index contributed by atoms with van der Waals surface area (Å²) in [6, 6.07) is 19.5. The van der Waals surface area contributed by atoms with Crippen molar-refractivity contribution >= 4 is 22.8 Å². The van der Waals surface area contributed by atoms with Gasteiger partial charge in [0.1, 0.15) is 40.9 Å². The number of nitrogens with two attached hydrogens (primary N) is 1. The number of anilines is 1. The van der Waals surface area contributed by atoms with Gasteiger partial charge in [-0.1, -0.05) is 57.2 Å². The van der Waals surface area contributed by atoms with Crippen LogP contribution >= 0.6 is 0 Å². The van der Waals surface area contributed by atoms with Crippen molar-refractivity contribution in [3.8, 4) is 28.7 Å². The number of nitrogen functional groups attached to an aromatic ring is 1. The predicted octanol–water partition coefficient (Wildman–Crippen LogP) is 5.40. The van der Waals surface area contributed by atoms with Gasteiger partial charge in [-0.05, 0) is 48.1 Å². The number of allylic oxidation sites excluding steroid dienone is 1. The average molecular weight is 507 g/mol. The van der Waals surface area contributed by atoms with E-state index in [0.29, 0.717) is 18.8 Å². The lowest BCUT2D eigenvalue weighted by Gasteiger charge is -2.27. The van der Waals surface area contributed by atoms with Crippen LogP contribution in [0.3, 0.4) is 0 Å². The Morgan fingerprint density at radius 2 is 1.84 bits per heavy atom. The molecule has 0 spiro atoms. The monoisotopic (exact) mass is 506 g/mol. The number of para-hydroxylation sites is 1. The molecule has 192 valence electrons. The average Bonchev–Trinajstić information content (AvgIpc) is 3.23. The van der Waals surface area contributed by atoms with Crippen LogP contribution < -0.4 is 15.8 Å². The summed E-state index contributed by atoms with van der Waals surface area (Å²) in [6.07, 6.45) is 4.61. The fraction of sp³-hybridized carbons (Fsp3) is 0.267. The number of hydrogen-bond acceptors (Lipinski definition) is 6. The van der Waals surface area contributed by atoms with Crippen LogP contribution in [0, 0.1) is 16.7 Å². The van der Waals surface area contributed by atoms with Gasteiger partial charge in [-0.25, -0.2) is 9.97 Å². The zero-order valence-electron chi connectivity index (χ0n) is 21.7. The van der Waals surface area contributed by atoms with E-state index in [-0.39, 0.29) is 22.9 Å². The molecule has 8 nitrogen and oxygen atoms in total. The maximum Gasteiger partial charge on any atom is 0.261 e. The maximum absolute atomic E-state index is 12.9. The van der Waals surface area contributed by atoms with Crippen LogP contribution in [0.25, 0.3) is 22.2 Å². The minimum absolute atomic E-state index is 0.130. The van der Waals surface area contributed by atoms with Crippen molar-refractivity contribution in [2.75, 3.05) is 5.73 Å². The van der Waals surface area contributed by atoms with Crippen molar-refractivity contribution < 1.29 is 9.53 Å². The van der Waals surface area contributed by atoms with Crippen LogP contribution in [0.15, 0.2) is 72.6 Å². The highest BCUT2D eigenvalue weighted by molar-refractivity contribution is 6.02. The van der Waals surface area contributed by atoms with E-state index in [1.54, 1.807) is 6.08 Å². The van der Waals surface area contributed by atoms with Crippen molar-refractivity contribution in [2.45, 2.75) is 46.2 Å². The minimum atomic E-state index is -0.351. The highest BCUT2D eigenvalue weighted by Crippen LogP contribution is 2.40. The van der Waals surface area contributed by atoms with Crippen LogP contribution in [0.1, 0.15) is 32.9 Å². The van der Waals surface area contributed by atoms with Gasteiger partial charge >= 0.3 is 0 Å². The molecule has 0 saturated heterocycles. The number of benzene rings is 2. The lowest BCUT2D eigenvalue weighted by molar-refractivity contribution is -0.118. The Balaban J connectivity index is 1.46. The van der Waals surface area contributed by atoms with E-state index in [4.69, 9.17) is 10.5 Å². The van der Waals surface area contributed by atoms with Gasteiger partial charge in [-0.15, -0.1) is 0 Å². The molecule has 0 radical (unpaired) electrons. The third-order valence-electron chi connectivity index (χ3n) is 6.51. The van der Waals surface area contributed by atoms with E-state index < -0.39 is 0 Å². The van der Waals surface area contributed by atoms with Crippen molar-refractivity contribution in [2.24, 2.45) is 5.41 Å². The van der Waals surface area contributed by atoms with Crippen molar-refractivity contribution in [1.82, 2.24) is 19.9 Å². The zero-order valence-corrected chi connectivity index (χ0v) is 21.7. The number of carbonyl (C=O) groups excluding carboxylic acids is 1. The van der Waals surface area contributed by atoms with E-state index >= 15 is 0 Å². The highest BCUT2D eigenvalue weighted by atomic mass is 16.5. The SMILES string of the molecule is CC(C)(C)/C=C(\C#N)C(=O)N[C@@H]1CCc2c(-c3ccc(Oc4ccccc4)cc3)c3c(N)ncnc3n2C1. The molecule has 1 amide bonds. The summed E-state index contributed by atoms with van der Waals surface area (Å²) in [5.74, 6) is 1.57. The molecular formula is C30H30N6O2. The lowest BCUT2D eigenvalue weighted by Crippen LogP contribution is -2.41. The molecule has 5 rings (SSSR count). The molecule has 3 N–H and O–H groups in total. The van der Waals surface area contributed by atoms with Crippen molar-refractivity contribution in [3.05, 3.63) is 78.3 Å². The Morgan fingerprint density at radius 3 is 2.53 bits per heavy atom. The van der Waals surface area contributed by atoms with Crippen molar-refractivity contribution in [3.63, 3.8) is 0 Å². The van der Waals surface area contributed by atoms with Gasteiger partial charge in [-0.3, -0.25) is 4.79 Å². The normalized spacial score (nSPS) is 15.5. The highest BCUT2D eigenvalue weighted by Gasteiger charge is 2.29. The van der Waals surface area contributed by atoms with Gasteiger partial charge in [0.2, 0.25) is 0 Å². The lowest BCUT2D eigenvalue weighted by atomic mass is 9.93. The van der Waals surface area contributed by atoms with E-state index in [0.717, 1.165) is 45.8 Å². The first-order chi connectivity index (χ1) is 18.2. The van der Waals surface area contributed by atoms with E-state index in [9.17, 15) is 10.1 Å². The first kappa shape index (κ1) is 25.0. The van der Waals surface area contributed by atoms with E-state index in [2.05, 4.69) is 19.9 Å². The van der Waals surface area contributed by atoms with E-state index in [1.165, 1.54) is 6.33 Å². The van der Waals surface area contributed by atoms with Gasteiger partial charge in [0.25, 0.3) is 5.91 Å². The molecule has 0 aliphatic carbocycles. The van der Waals surface area contributed by atoms with E-state index in [1.807, 2.05) is 81.4 Å². The maximum atomic E-state index is 12.9. The minimum Gasteiger partial charge on any atom is -0.457 e.